The maximum atomic E-state index is 4.93. The third-order valence-electron chi connectivity index (χ3n) is 13.0. The Labute approximate surface area is 439 Å². The van der Waals surface area contributed by atoms with Crippen LogP contribution in [0.1, 0.15) is 74.9 Å². The predicted octanol–water partition coefficient (Wildman–Crippen LogP) is 18.1. The SMILES string of the molecule is Cc1cc(C)cc(-c2c(-c3ccccc3)ccc3[cH-]c(C(C)(C)C)cc23)c1.Cc1cc(C)cc(-c2c(-c3ccccc3)ccc3[cH-]c(C(C)(C)C)cc23)c1.[Cl][Zr][Cl].[c-]1cccc2c1[Si]c1ccccc1-2. The van der Waals surface area contributed by atoms with Crippen LogP contribution in [0.5, 0.6) is 0 Å². The van der Waals surface area contributed by atoms with Gasteiger partial charge in [-0.3, -0.25) is 0 Å². The smallest absolute Gasteiger partial charge is 0.0920 e. The third kappa shape index (κ3) is 11.7. The van der Waals surface area contributed by atoms with E-state index in [2.05, 4.69) is 257 Å². The summed E-state index contributed by atoms with van der Waals surface area (Å²) in [6.07, 6.45) is 0. The van der Waals surface area contributed by atoms with Gasteiger partial charge in [0.05, 0.1) is 9.52 Å². The third-order valence-corrected chi connectivity index (χ3v) is 14.4. The standard InChI is InChI=1S/2C27H27.C12H7Si.2ClH.Zr/c2*1-18-13-19(2)15-22(14-18)26-24(20-9-7-6-8-10-20)12-11-21-16-23(17-25(21)26)27(3,4)5;1-3-7-11-9(5-1)10-6-2-4-8-12(10)13-11;;;/h2*6-17H,1-5H3;1-7H;2*1H;/q3*-1;;;+2/p-2. The topological polar surface area (TPSA) is 0 Å². The van der Waals surface area contributed by atoms with Crippen molar-refractivity contribution in [2.24, 2.45) is 0 Å². The molecule has 1 aliphatic rings. The Morgan fingerprint density at radius 1 is 0.429 bits per heavy atom. The fourth-order valence-corrected chi connectivity index (χ4v) is 11.0. The van der Waals surface area contributed by atoms with Gasteiger partial charge in [-0.05, 0) is 71.9 Å². The second kappa shape index (κ2) is 22.0. The van der Waals surface area contributed by atoms with Crippen LogP contribution in [0.3, 0.4) is 0 Å². The van der Waals surface area contributed by atoms with Gasteiger partial charge >= 0.3 is 37.9 Å². The maximum absolute atomic E-state index is 4.93. The molecule has 4 heteroatoms. The summed E-state index contributed by atoms with van der Waals surface area (Å²) in [5, 5.41) is 8.18. The molecular formula is C66H61Cl2SiZr-3. The van der Waals surface area contributed by atoms with Crippen molar-refractivity contribution in [3.05, 3.63) is 228 Å². The number of halogens is 2. The fraction of sp³-hybridized carbons (Fsp3) is 0.182. The van der Waals surface area contributed by atoms with Gasteiger partial charge in [-0.2, -0.15) is 41.6 Å². The number of benzene rings is 8. The van der Waals surface area contributed by atoms with Gasteiger partial charge in [-0.25, -0.2) is 0 Å². The van der Waals surface area contributed by atoms with Crippen LogP contribution in [-0.2, 0) is 31.7 Å². The minimum atomic E-state index is -0.826. The normalized spacial score (nSPS) is 11.7. The maximum Gasteiger partial charge on any atom is 0.0920 e. The van der Waals surface area contributed by atoms with Gasteiger partial charge < -0.3 is 0 Å². The largest absolute Gasteiger partial charge is 0.184 e. The fourth-order valence-electron chi connectivity index (χ4n) is 9.73. The van der Waals surface area contributed by atoms with E-state index in [0.29, 0.717) is 0 Å². The molecule has 0 bridgehead atoms. The summed E-state index contributed by atoms with van der Waals surface area (Å²) in [5.74, 6) is 0. The van der Waals surface area contributed by atoms with E-state index in [1.165, 1.54) is 121 Å². The van der Waals surface area contributed by atoms with Crippen LogP contribution in [0, 0.1) is 33.8 Å². The van der Waals surface area contributed by atoms with E-state index in [-0.39, 0.29) is 10.8 Å². The average Bonchev–Trinajstić information content (AvgIpc) is 4.08. The molecule has 0 amide bonds. The van der Waals surface area contributed by atoms with Crippen molar-refractivity contribution in [1.29, 1.82) is 0 Å². The Morgan fingerprint density at radius 2 is 0.829 bits per heavy atom. The molecule has 0 aromatic heterocycles. The molecule has 0 atom stereocenters. The molecule has 0 spiro atoms. The van der Waals surface area contributed by atoms with Crippen LogP contribution in [0.15, 0.2) is 188 Å². The minimum absolute atomic E-state index is 0.145. The van der Waals surface area contributed by atoms with E-state index in [4.69, 9.17) is 17.0 Å². The predicted molar refractivity (Wildman–Crippen MR) is 305 cm³/mol. The number of hydrogen-bond acceptors (Lipinski definition) is 0. The Balaban J connectivity index is 0.000000144. The zero-order chi connectivity index (χ0) is 49.7. The summed E-state index contributed by atoms with van der Waals surface area (Å²) >= 11 is -0.826. The summed E-state index contributed by atoms with van der Waals surface area (Å²) in [6, 6.07) is 72.1. The minimum Gasteiger partial charge on any atom is -0.184 e. The Bertz CT molecular complexity index is 3130. The van der Waals surface area contributed by atoms with Gasteiger partial charge in [0, 0.05) is 0 Å². The van der Waals surface area contributed by atoms with Crippen LogP contribution in [0.4, 0.5) is 0 Å². The Morgan fingerprint density at radius 3 is 1.26 bits per heavy atom. The van der Waals surface area contributed by atoms with Gasteiger partial charge in [-0.15, -0.1) is 62.5 Å². The van der Waals surface area contributed by atoms with E-state index < -0.39 is 20.8 Å². The van der Waals surface area contributed by atoms with Crippen LogP contribution in [-0.4, -0.2) is 9.52 Å². The van der Waals surface area contributed by atoms with Crippen LogP contribution >= 0.6 is 17.0 Å². The number of fused-ring (bicyclic) bond motifs is 5. The summed E-state index contributed by atoms with van der Waals surface area (Å²) in [6.45, 7) is 22.5. The molecule has 10 aromatic rings. The second-order valence-electron chi connectivity index (χ2n) is 20.7. The first kappa shape index (κ1) is 51.0. The number of aryl methyl sites for hydroxylation is 4. The molecule has 10 aromatic carbocycles. The van der Waals surface area contributed by atoms with Crippen molar-refractivity contribution in [3.63, 3.8) is 0 Å². The van der Waals surface area contributed by atoms with Crippen LogP contribution in [0.25, 0.3) is 77.2 Å². The van der Waals surface area contributed by atoms with E-state index in [0.717, 1.165) is 9.52 Å². The van der Waals surface area contributed by atoms with Crippen molar-refractivity contribution >= 4 is 58.5 Å². The van der Waals surface area contributed by atoms with E-state index in [9.17, 15) is 0 Å². The quantitative estimate of drug-likeness (QED) is 0.122. The van der Waals surface area contributed by atoms with Crippen molar-refractivity contribution in [3.8, 4) is 55.6 Å². The van der Waals surface area contributed by atoms with E-state index in [1.54, 1.807) is 0 Å². The monoisotopic (exact) mass is 1040 g/mol. The van der Waals surface area contributed by atoms with Gasteiger partial charge in [0.2, 0.25) is 0 Å². The zero-order valence-electron chi connectivity index (χ0n) is 42.2. The van der Waals surface area contributed by atoms with Gasteiger partial charge in [0.15, 0.2) is 0 Å². The van der Waals surface area contributed by atoms with E-state index in [1.807, 2.05) is 6.07 Å². The molecule has 0 saturated carbocycles. The van der Waals surface area contributed by atoms with Gasteiger partial charge in [-0.1, -0.05) is 219 Å². The van der Waals surface area contributed by atoms with Crippen molar-refractivity contribution < 1.29 is 20.8 Å². The molecule has 0 aliphatic carbocycles. The van der Waals surface area contributed by atoms with Crippen molar-refractivity contribution in [1.82, 2.24) is 0 Å². The average molecular weight is 1040 g/mol. The van der Waals surface area contributed by atoms with Crippen LogP contribution in [0.2, 0.25) is 0 Å². The second-order valence-corrected chi connectivity index (χ2v) is 25.7. The van der Waals surface area contributed by atoms with Crippen molar-refractivity contribution in [2.45, 2.75) is 80.1 Å². The first-order valence-electron chi connectivity index (χ1n) is 24.1. The molecule has 70 heavy (non-hydrogen) atoms. The molecule has 1 aliphatic heterocycles. The molecule has 0 nitrogen and oxygen atoms in total. The Hall–Kier alpha value is -5.34. The Kier molecular flexibility index (Phi) is 16.0. The molecule has 2 radical (unpaired) electrons. The molecule has 11 rings (SSSR count). The molecule has 350 valence electrons. The number of hydrogen-bond donors (Lipinski definition) is 0. The molecule has 0 fully saturated rings. The molecular weight excluding hydrogens is 983 g/mol. The molecule has 0 N–H and O–H groups in total. The first-order chi connectivity index (χ1) is 33.5. The molecule has 1 heterocycles. The van der Waals surface area contributed by atoms with Crippen LogP contribution < -0.4 is 10.4 Å². The summed E-state index contributed by atoms with van der Waals surface area (Å²) in [4.78, 5) is 0. The summed E-state index contributed by atoms with van der Waals surface area (Å²) in [7, 11) is 10.7. The van der Waals surface area contributed by atoms with E-state index >= 15 is 0 Å². The molecule has 0 unspecified atom stereocenters. The van der Waals surface area contributed by atoms with Crippen molar-refractivity contribution in [2.75, 3.05) is 0 Å². The summed E-state index contributed by atoms with van der Waals surface area (Å²) < 4.78 is 0. The zero-order valence-corrected chi connectivity index (χ0v) is 47.1. The van der Waals surface area contributed by atoms with Gasteiger partial charge in [0.1, 0.15) is 0 Å². The van der Waals surface area contributed by atoms with Gasteiger partial charge in [0.25, 0.3) is 0 Å². The number of rotatable bonds is 4. The summed E-state index contributed by atoms with van der Waals surface area (Å²) in [5.41, 5.74) is 21.5. The molecule has 0 saturated heterocycles. The first-order valence-corrected chi connectivity index (χ1v) is 31.4.